The Labute approximate surface area is 104 Å². The molecule has 4 heteroatoms. The van der Waals surface area contributed by atoms with Crippen LogP contribution in [-0.4, -0.2) is 11.4 Å². The van der Waals surface area contributed by atoms with Crippen LogP contribution in [0.25, 0.3) is 0 Å². The smallest absolute Gasteiger partial charge is 0.252 e. The first-order chi connectivity index (χ1) is 7.34. The Bertz CT molecular complexity index is 440. The minimum absolute atomic E-state index is 0.240. The van der Waals surface area contributed by atoms with Crippen LogP contribution in [0.15, 0.2) is 22.7 Å². The number of benzene rings is 1. The van der Waals surface area contributed by atoms with Crippen molar-refractivity contribution in [3.8, 4) is 12.3 Å². The fourth-order valence-electron chi connectivity index (χ4n) is 1.14. The zero-order chi connectivity index (χ0) is 12.3. The van der Waals surface area contributed by atoms with Crippen LogP contribution in [-0.2, 0) is 0 Å². The Balaban J connectivity index is 2.94. The number of amides is 1. The van der Waals surface area contributed by atoms with E-state index in [9.17, 15) is 4.79 Å². The molecule has 0 radical (unpaired) electrons. The van der Waals surface area contributed by atoms with Gasteiger partial charge in [-0.15, -0.1) is 6.42 Å². The fourth-order valence-corrected chi connectivity index (χ4v) is 1.65. The minimum atomic E-state index is -0.672. The first-order valence-electron chi connectivity index (χ1n) is 4.70. The molecule has 0 saturated heterocycles. The van der Waals surface area contributed by atoms with Gasteiger partial charge in [-0.05, 0) is 32.0 Å². The van der Waals surface area contributed by atoms with Crippen molar-refractivity contribution < 1.29 is 4.79 Å². The van der Waals surface area contributed by atoms with Crippen molar-refractivity contribution in [2.45, 2.75) is 19.4 Å². The largest absolute Gasteiger partial charge is 0.399 e. The molecule has 0 aliphatic rings. The number of rotatable bonds is 2. The van der Waals surface area contributed by atoms with Crippen molar-refractivity contribution in [1.29, 1.82) is 0 Å². The van der Waals surface area contributed by atoms with Crippen LogP contribution in [0.4, 0.5) is 5.69 Å². The molecule has 0 unspecified atom stereocenters. The van der Waals surface area contributed by atoms with Gasteiger partial charge in [-0.3, -0.25) is 4.79 Å². The molecule has 1 amide bonds. The lowest BCUT2D eigenvalue weighted by molar-refractivity contribution is 0.0930. The number of carbonyl (C=O) groups is 1. The number of hydrogen-bond acceptors (Lipinski definition) is 2. The summed E-state index contributed by atoms with van der Waals surface area (Å²) in [7, 11) is 0. The number of nitrogen functional groups attached to an aromatic ring is 1. The molecule has 1 rings (SSSR count). The van der Waals surface area contributed by atoms with Gasteiger partial charge in [-0.1, -0.05) is 21.9 Å². The number of anilines is 1. The highest BCUT2D eigenvalue weighted by molar-refractivity contribution is 9.10. The zero-order valence-electron chi connectivity index (χ0n) is 9.17. The number of hydrogen-bond donors (Lipinski definition) is 2. The van der Waals surface area contributed by atoms with Gasteiger partial charge in [0.05, 0.1) is 5.54 Å². The van der Waals surface area contributed by atoms with E-state index in [-0.39, 0.29) is 5.91 Å². The third-order valence-electron chi connectivity index (χ3n) is 1.97. The summed E-state index contributed by atoms with van der Waals surface area (Å²) in [6.07, 6.45) is 5.29. The highest BCUT2D eigenvalue weighted by Gasteiger charge is 2.18. The standard InChI is InChI=1S/C12H13BrN2O/c1-4-12(2,3)15-11(16)8-5-9(13)7-10(14)6-8/h1,5-7H,14H2,2-3H3,(H,15,16). The zero-order valence-corrected chi connectivity index (χ0v) is 10.8. The Morgan fingerprint density at radius 2 is 2.12 bits per heavy atom. The second-order valence-electron chi connectivity index (χ2n) is 4.00. The van der Waals surface area contributed by atoms with E-state index >= 15 is 0 Å². The van der Waals surface area contributed by atoms with Crippen LogP contribution in [0.5, 0.6) is 0 Å². The summed E-state index contributed by atoms with van der Waals surface area (Å²) >= 11 is 3.28. The van der Waals surface area contributed by atoms with Gasteiger partial charge in [0.2, 0.25) is 0 Å². The summed E-state index contributed by atoms with van der Waals surface area (Å²) in [5.74, 6) is 2.26. The van der Waals surface area contributed by atoms with E-state index < -0.39 is 5.54 Å². The van der Waals surface area contributed by atoms with Crippen molar-refractivity contribution in [1.82, 2.24) is 5.32 Å². The van der Waals surface area contributed by atoms with Crippen molar-refractivity contribution in [2.24, 2.45) is 0 Å². The Morgan fingerprint density at radius 1 is 1.50 bits per heavy atom. The van der Waals surface area contributed by atoms with Gasteiger partial charge in [0.1, 0.15) is 0 Å². The minimum Gasteiger partial charge on any atom is -0.399 e. The predicted molar refractivity (Wildman–Crippen MR) is 68.9 cm³/mol. The monoisotopic (exact) mass is 280 g/mol. The average molecular weight is 281 g/mol. The number of halogens is 1. The van der Waals surface area contributed by atoms with E-state index in [0.29, 0.717) is 11.3 Å². The third-order valence-corrected chi connectivity index (χ3v) is 2.43. The van der Waals surface area contributed by atoms with E-state index in [4.69, 9.17) is 12.2 Å². The normalized spacial score (nSPS) is 10.6. The van der Waals surface area contributed by atoms with E-state index in [1.165, 1.54) is 0 Å². The molecular formula is C12H13BrN2O. The molecular weight excluding hydrogens is 268 g/mol. The molecule has 0 atom stereocenters. The molecule has 84 valence electrons. The molecule has 0 aliphatic carbocycles. The summed E-state index contributed by atoms with van der Waals surface area (Å²) in [6.45, 7) is 3.51. The lowest BCUT2D eigenvalue weighted by Gasteiger charge is -2.19. The second kappa shape index (κ2) is 4.58. The molecule has 0 aliphatic heterocycles. The van der Waals surface area contributed by atoms with Gasteiger partial charge >= 0.3 is 0 Å². The first kappa shape index (κ1) is 12.6. The van der Waals surface area contributed by atoms with E-state index in [1.54, 1.807) is 32.0 Å². The summed E-state index contributed by atoms with van der Waals surface area (Å²) in [4.78, 5) is 11.8. The summed E-state index contributed by atoms with van der Waals surface area (Å²) in [5, 5.41) is 2.73. The van der Waals surface area contributed by atoms with E-state index in [2.05, 4.69) is 27.2 Å². The Kier molecular flexibility index (Phi) is 3.61. The van der Waals surface area contributed by atoms with Gasteiger partial charge in [-0.2, -0.15) is 0 Å². The van der Waals surface area contributed by atoms with Crippen LogP contribution in [0.3, 0.4) is 0 Å². The number of nitrogens with one attached hydrogen (secondary N) is 1. The van der Waals surface area contributed by atoms with E-state index in [1.807, 2.05) is 0 Å². The predicted octanol–water partition coefficient (Wildman–Crippen LogP) is 2.17. The molecule has 3 nitrogen and oxygen atoms in total. The highest BCUT2D eigenvalue weighted by atomic mass is 79.9. The van der Waals surface area contributed by atoms with Gasteiger partial charge in [0.25, 0.3) is 5.91 Å². The number of carbonyl (C=O) groups excluding carboxylic acids is 1. The SMILES string of the molecule is C#CC(C)(C)NC(=O)c1cc(N)cc(Br)c1. The number of terminal acetylenes is 1. The molecule has 0 heterocycles. The Hall–Kier alpha value is -1.47. The molecule has 0 fully saturated rings. The third kappa shape index (κ3) is 3.28. The van der Waals surface area contributed by atoms with Gasteiger partial charge in [0.15, 0.2) is 0 Å². The molecule has 0 aromatic heterocycles. The Morgan fingerprint density at radius 3 is 2.62 bits per heavy atom. The van der Waals surface area contributed by atoms with Crippen molar-refractivity contribution in [3.63, 3.8) is 0 Å². The summed E-state index contributed by atoms with van der Waals surface area (Å²) < 4.78 is 0.760. The second-order valence-corrected chi connectivity index (χ2v) is 4.91. The van der Waals surface area contributed by atoms with Crippen LogP contribution < -0.4 is 11.1 Å². The van der Waals surface area contributed by atoms with E-state index in [0.717, 1.165) is 4.47 Å². The first-order valence-corrected chi connectivity index (χ1v) is 5.50. The van der Waals surface area contributed by atoms with Gasteiger partial charge < -0.3 is 11.1 Å². The van der Waals surface area contributed by atoms with Crippen molar-refractivity contribution in [3.05, 3.63) is 28.2 Å². The maximum absolute atomic E-state index is 11.8. The van der Waals surface area contributed by atoms with Crippen LogP contribution in [0.2, 0.25) is 0 Å². The summed E-state index contributed by atoms with van der Waals surface area (Å²) in [6, 6.07) is 5.02. The molecule has 1 aromatic carbocycles. The lowest BCUT2D eigenvalue weighted by atomic mass is 10.1. The molecule has 1 aromatic rings. The highest BCUT2D eigenvalue weighted by Crippen LogP contribution is 2.17. The maximum Gasteiger partial charge on any atom is 0.252 e. The quantitative estimate of drug-likeness (QED) is 0.645. The van der Waals surface area contributed by atoms with Gasteiger partial charge in [-0.25, -0.2) is 0 Å². The molecule has 0 saturated carbocycles. The van der Waals surface area contributed by atoms with Crippen molar-refractivity contribution >= 4 is 27.5 Å². The van der Waals surface area contributed by atoms with Crippen LogP contribution in [0.1, 0.15) is 24.2 Å². The van der Waals surface area contributed by atoms with Gasteiger partial charge in [0, 0.05) is 15.7 Å². The molecule has 0 spiro atoms. The maximum atomic E-state index is 11.8. The fraction of sp³-hybridized carbons (Fsp3) is 0.250. The summed E-state index contributed by atoms with van der Waals surface area (Å²) in [5.41, 5.74) is 5.98. The molecule has 3 N–H and O–H groups in total. The van der Waals surface area contributed by atoms with Crippen molar-refractivity contribution in [2.75, 3.05) is 5.73 Å². The average Bonchev–Trinajstić information content (AvgIpc) is 2.15. The lowest BCUT2D eigenvalue weighted by Crippen LogP contribution is -2.42. The topological polar surface area (TPSA) is 55.1 Å². The van der Waals surface area contributed by atoms with Crippen LogP contribution >= 0.6 is 15.9 Å². The molecule has 16 heavy (non-hydrogen) atoms. The van der Waals surface area contributed by atoms with Crippen LogP contribution in [0, 0.1) is 12.3 Å². The molecule has 0 bridgehead atoms. The number of nitrogens with two attached hydrogens (primary N) is 1.